The van der Waals surface area contributed by atoms with Crippen LogP contribution in [0.15, 0.2) is 4.42 Å². The summed E-state index contributed by atoms with van der Waals surface area (Å²) in [4.78, 5) is 15.8. The summed E-state index contributed by atoms with van der Waals surface area (Å²) >= 11 is 0. The van der Waals surface area contributed by atoms with Crippen LogP contribution in [0.25, 0.3) is 0 Å². The van der Waals surface area contributed by atoms with E-state index in [1.54, 1.807) is 6.92 Å². The quantitative estimate of drug-likeness (QED) is 0.627. The highest BCUT2D eigenvalue weighted by Gasteiger charge is 2.27. The van der Waals surface area contributed by atoms with E-state index < -0.39 is 6.09 Å². The monoisotopic (exact) mass is 168 g/mol. The zero-order valence-corrected chi connectivity index (χ0v) is 6.57. The molecule has 0 unspecified atom stereocenters. The number of fused-ring (bicyclic) bond motifs is 1. The summed E-state index contributed by atoms with van der Waals surface area (Å²) in [5.41, 5.74) is 0.745. The van der Waals surface area contributed by atoms with Crippen LogP contribution >= 0.6 is 0 Å². The molecule has 2 rings (SSSR count). The molecule has 1 aliphatic rings. The van der Waals surface area contributed by atoms with Gasteiger partial charge in [0.05, 0.1) is 13.1 Å². The number of nitrogens with zero attached hydrogens (tertiary/aromatic N) is 2. The number of hydrogen-bond donors (Lipinski definition) is 1. The van der Waals surface area contributed by atoms with Crippen molar-refractivity contribution in [2.45, 2.75) is 20.0 Å². The zero-order valence-electron chi connectivity index (χ0n) is 6.57. The lowest BCUT2D eigenvalue weighted by Gasteiger charge is -2.08. The highest BCUT2D eigenvalue weighted by molar-refractivity contribution is 5.65. The van der Waals surface area contributed by atoms with Gasteiger partial charge >= 0.3 is 6.09 Å². The molecule has 1 aromatic heterocycles. The second kappa shape index (κ2) is 2.23. The molecular formula is C7H8N2O3. The average Bonchev–Trinajstić information content (AvgIpc) is 2.42. The predicted molar refractivity (Wildman–Crippen MR) is 38.5 cm³/mol. The first-order chi connectivity index (χ1) is 5.66. The summed E-state index contributed by atoms with van der Waals surface area (Å²) < 4.78 is 5.19. The molecule has 2 heterocycles. The van der Waals surface area contributed by atoms with E-state index in [0.717, 1.165) is 5.69 Å². The van der Waals surface area contributed by atoms with Crippen LogP contribution in [0.5, 0.6) is 0 Å². The molecule has 64 valence electrons. The van der Waals surface area contributed by atoms with E-state index >= 15 is 0 Å². The van der Waals surface area contributed by atoms with Crippen molar-refractivity contribution in [1.82, 2.24) is 9.88 Å². The first-order valence-electron chi connectivity index (χ1n) is 3.60. The van der Waals surface area contributed by atoms with E-state index in [0.29, 0.717) is 24.7 Å². The summed E-state index contributed by atoms with van der Waals surface area (Å²) in [5.74, 6) is 1.28. The fourth-order valence-corrected chi connectivity index (χ4v) is 1.30. The molecule has 0 saturated heterocycles. The van der Waals surface area contributed by atoms with Gasteiger partial charge < -0.3 is 9.52 Å². The molecule has 5 heteroatoms. The Labute approximate surface area is 68.6 Å². The van der Waals surface area contributed by atoms with Crippen molar-refractivity contribution in [3.63, 3.8) is 0 Å². The lowest BCUT2D eigenvalue weighted by atomic mass is 10.4. The Morgan fingerprint density at radius 2 is 2.42 bits per heavy atom. The van der Waals surface area contributed by atoms with Crippen molar-refractivity contribution < 1.29 is 14.3 Å². The molecule has 0 aliphatic carbocycles. The molecule has 0 bridgehead atoms. The first kappa shape index (κ1) is 7.15. The Kier molecular flexibility index (Phi) is 1.33. The summed E-state index contributed by atoms with van der Waals surface area (Å²) in [6.07, 6.45) is -0.930. The number of amides is 1. The topological polar surface area (TPSA) is 66.6 Å². The first-order valence-corrected chi connectivity index (χ1v) is 3.60. The molecule has 0 radical (unpaired) electrons. The van der Waals surface area contributed by atoms with Crippen LogP contribution in [0.4, 0.5) is 4.79 Å². The van der Waals surface area contributed by atoms with Gasteiger partial charge in [-0.05, 0) is 0 Å². The maximum atomic E-state index is 10.5. The number of hydrogen-bond acceptors (Lipinski definition) is 3. The van der Waals surface area contributed by atoms with Crippen molar-refractivity contribution in [3.05, 3.63) is 17.3 Å². The molecule has 0 spiro atoms. The van der Waals surface area contributed by atoms with Gasteiger partial charge in [0.2, 0.25) is 0 Å². The van der Waals surface area contributed by atoms with E-state index in [1.807, 2.05) is 0 Å². The Hall–Kier alpha value is -1.52. The maximum absolute atomic E-state index is 10.5. The van der Waals surface area contributed by atoms with Gasteiger partial charge in [0.15, 0.2) is 5.89 Å². The van der Waals surface area contributed by atoms with Gasteiger partial charge in [-0.15, -0.1) is 0 Å². The minimum absolute atomic E-state index is 0.325. The van der Waals surface area contributed by atoms with Crippen molar-refractivity contribution in [2.75, 3.05) is 0 Å². The molecule has 0 atom stereocenters. The number of rotatable bonds is 0. The molecule has 1 amide bonds. The van der Waals surface area contributed by atoms with Gasteiger partial charge in [-0.3, -0.25) is 4.90 Å². The highest BCUT2D eigenvalue weighted by atomic mass is 16.4. The predicted octanol–water partition coefficient (Wildman–Crippen LogP) is 0.977. The number of aryl methyl sites for hydroxylation is 1. The number of oxazole rings is 1. The van der Waals surface area contributed by atoms with Crippen LogP contribution in [0.2, 0.25) is 0 Å². The van der Waals surface area contributed by atoms with Crippen LogP contribution < -0.4 is 0 Å². The molecule has 0 aromatic carbocycles. The molecule has 5 nitrogen and oxygen atoms in total. The normalized spacial score (nSPS) is 14.9. The third-order valence-corrected chi connectivity index (χ3v) is 1.83. The summed E-state index contributed by atoms with van der Waals surface area (Å²) in [7, 11) is 0. The van der Waals surface area contributed by atoms with Gasteiger partial charge in [-0.25, -0.2) is 9.78 Å². The molecular weight excluding hydrogens is 160 g/mol. The Balaban J connectivity index is 2.24. The summed E-state index contributed by atoms with van der Waals surface area (Å²) in [5, 5.41) is 8.63. The summed E-state index contributed by atoms with van der Waals surface area (Å²) in [6.45, 7) is 2.43. The van der Waals surface area contributed by atoms with Crippen molar-refractivity contribution in [2.24, 2.45) is 0 Å². The van der Waals surface area contributed by atoms with E-state index in [-0.39, 0.29) is 0 Å². The van der Waals surface area contributed by atoms with E-state index in [1.165, 1.54) is 4.90 Å². The maximum Gasteiger partial charge on any atom is 0.408 e. The van der Waals surface area contributed by atoms with Gasteiger partial charge in [0.1, 0.15) is 11.5 Å². The lowest BCUT2D eigenvalue weighted by molar-refractivity contribution is 0.142. The highest BCUT2D eigenvalue weighted by Crippen LogP contribution is 2.22. The van der Waals surface area contributed by atoms with Crippen LogP contribution in [0.1, 0.15) is 17.3 Å². The van der Waals surface area contributed by atoms with Crippen molar-refractivity contribution in [3.8, 4) is 0 Å². The summed E-state index contributed by atoms with van der Waals surface area (Å²) in [6, 6.07) is 0. The minimum Gasteiger partial charge on any atom is -0.465 e. The number of carboxylic acid groups (broad SMARTS) is 1. The van der Waals surface area contributed by atoms with Crippen LogP contribution in [0.3, 0.4) is 0 Å². The molecule has 0 fully saturated rings. The second-order valence-corrected chi connectivity index (χ2v) is 2.74. The largest absolute Gasteiger partial charge is 0.465 e. The molecule has 0 saturated carbocycles. The lowest BCUT2D eigenvalue weighted by Crippen LogP contribution is -2.23. The van der Waals surface area contributed by atoms with Gasteiger partial charge in [-0.2, -0.15) is 0 Å². The van der Waals surface area contributed by atoms with Gasteiger partial charge in [0.25, 0.3) is 0 Å². The van der Waals surface area contributed by atoms with Gasteiger partial charge in [-0.1, -0.05) is 0 Å². The third-order valence-electron chi connectivity index (χ3n) is 1.83. The molecule has 12 heavy (non-hydrogen) atoms. The fraction of sp³-hybridized carbons (Fsp3) is 0.429. The van der Waals surface area contributed by atoms with Gasteiger partial charge in [0, 0.05) is 6.92 Å². The average molecular weight is 168 g/mol. The number of carbonyl (C=O) groups is 1. The minimum atomic E-state index is -0.930. The van der Waals surface area contributed by atoms with E-state index in [4.69, 9.17) is 9.52 Å². The van der Waals surface area contributed by atoms with Crippen molar-refractivity contribution >= 4 is 6.09 Å². The second-order valence-electron chi connectivity index (χ2n) is 2.74. The molecule has 1 N–H and O–H groups in total. The van der Waals surface area contributed by atoms with E-state index in [2.05, 4.69) is 4.98 Å². The van der Waals surface area contributed by atoms with Crippen LogP contribution in [0, 0.1) is 6.92 Å². The Morgan fingerprint density at radius 3 is 3.00 bits per heavy atom. The molecule has 1 aromatic rings. The smallest absolute Gasteiger partial charge is 0.408 e. The third kappa shape index (κ3) is 0.939. The Morgan fingerprint density at radius 1 is 1.67 bits per heavy atom. The van der Waals surface area contributed by atoms with Crippen LogP contribution in [-0.2, 0) is 13.1 Å². The zero-order chi connectivity index (χ0) is 8.72. The van der Waals surface area contributed by atoms with E-state index in [9.17, 15) is 4.79 Å². The van der Waals surface area contributed by atoms with Crippen LogP contribution in [-0.4, -0.2) is 21.1 Å². The standard InChI is InChI=1S/C7H8N2O3/c1-4-8-5-2-9(7(10)11)3-6(5)12-4/h2-3H2,1H3,(H,10,11). The number of aromatic nitrogens is 1. The SMILES string of the molecule is Cc1nc2c(o1)CN(C(=O)O)C2. The fourth-order valence-electron chi connectivity index (χ4n) is 1.30. The Bertz CT molecular complexity index is 308. The molecule has 1 aliphatic heterocycles. The van der Waals surface area contributed by atoms with Crippen molar-refractivity contribution in [1.29, 1.82) is 0 Å².